The molecule has 0 bridgehead atoms. The van der Waals surface area contributed by atoms with E-state index in [9.17, 15) is 14.9 Å². The van der Waals surface area contributed by atoms with Gasteiger partial charge in [0.2, 0.25) is 0 Å². The number of aromatic nitrogens is 1. The van der Waals surface area contributed by atoms with Crippen molar-refractivity contribution in [3.05, 3.63) is 51.4 Å². The molecular weight excluding hydrogens is 266 g/mol. The van der Waals surface area contributed by atoms with E-state index in [2.05, 4.69) is 10.5 Å². The molecular formula is C12H11N3O5. The molecule has 0 saturated carbocycles. The molecule has 0 amide bonds. The van der Waals surface area contributed by atoms with Crippen LogP contribution in [-0.2, 0) is 6.54 Å². The van der Waals surface area contributed by atoms with Crippen LogP contribution in [-0.4, -0.2) is 21.2 Å². The van der Waals surface area contributed by atoms with Gasteiger partial charge < -0.3 is 14.9 Å². The third-order valence-corrected chi connectivity index (χ3v) is 2.59. The first-order valence-corrected chi connectivity index (χ1v) is 5.66. The van der Waals surface area contributed by atoms with Gasteiger partial charge in [0.15, 0.2) is 5.76 Å². The van der Waals surface area contributed by atoms with Crippen LogP contribution in [0.25, 0.3) is 0 Å². The molecule has 0 unspecified atom stereocenters. The summed E-state index contributed by atoms with van der Waals surface area (Å²) in [7, 11) is 0. The molecule has 0 radical (unpaired) electrons. The Balaban J connectivity index is 2.32. The lowest BCUT2D eigenvalue weighted by Gasteiger charge is -2.08. The maximum Gasteiger partial charge on any atom is 0.338 e. The summed E-state index contributed by atoms with van der Waals surface area (Å²) in [6.45, 7) is 1.84. The minimum absolute atomic E-state index is 0.0564. The quantitative estimate of drug-likeness (QED) is 0.635. The van der Waals surface area contributed by atoms with E-state index >= 15 is 0 Å². The molecule has 0 atom stereocenters. The van der Waals surface area contributed by atoms with Gasteiger partial charge in [-0.25, -0.2) is 4.79 Å². The topological polar surface area (TPSA) is 118 Å². The predicted molar refractivity (Wildman–Crippen MR) is 68.6 cm³/mol. The molecule has 0 aliphatic rings. The van der Waals surface area contributed by atoms with Gasteiger partial charge in [-0.3, -0.25) is 10.1 Å². The maximum atomic E-state index is 11.1. The fourth-order valence-electron chi connectivity index (χ4n) is 1.73. The van der Waals surface area contributed by atoms with Crippen molar-refractivity contribution in [2.24, 2.45) is 0 Å². The first-order chi connectivity index (χ1) is 9.49. The van der Waals surface area contributed by atoms with Crippen molar-refractivity contribution in [3.8, 4) is 0 Å². The monoisotopic (exact) mass is 277 g/mol. The number of nitro groups is 1. The molecule has 8 nitrogen and oxygen atoms in total. The average molecular weight is 277 g/mol. The van der Waals surface area contributed by atoms with E-state index in [1.165, 1.54) is 18.2 Å². The number of carbonyl (C=O) groups is 1. The van der Waals surface area contributed by atoms with Gasteiger partial charge in [0.05, 0.1) is 22.7 Å². The van der Waals surface area contributed by atoms with Gasteiger partial charge in [0.25, 0.3) is 5.69 Å². The summed E-state index contributed by atoms with van der Waals surface area (Å²) in [5.74, 6) is -0.790. The smallest absolute Gasteiger partial charge is 0.338 e. The highest BCUT2D eigenvalue weighted by atomic mass is 16.6. The highest BCUT2D eigenvalue weighted by Crippen LogP contribution is 2.28. The first kappa shape index (κ1) is 13.5. The van der Waals surface area contributed by atoms with Gasteiger partial charge in [-0.05, 0) is 13.0 Å². The highest BCUT2D eigenvalue weighted by Gasteiger charge is 2.21. The Hall–Kier alpha value is -2.90. The zero-order valence-electron chi connectivity index (χ0n) is 10.5. The van der Waals surface area contributed by atoms with Gasteiger partial charge in [-0.1, -0.05) is 11.2 Å². The number of nitrogens with zero attached hydrogens (tertiary/aromatic N) is 2. The van der Waals surface area contributed by atoms with Gasteiger partial charge >= 0.3 is 5.97 Å². The van der Waals surface area contributed by atoms with Crippen LogP contribution in [0.1, 0.15) is 21.8 Å². The summed E-state index contributed by atoms with van der Waals surface area (Å²) < 4.78 is 4.96. The van der Waals surface area contributed by atoms with Gasteiger partial charge in [-0.15, -0.1) is 0 Å². The van der Waals surface area contributed by atoms with Crippen molar-refractivity contribution < 1.29 is 19.3 Å². The summed E-state index contributed by atoms with van der Waals surface area (Å²) in [5, 5.41) is 26.4. The molecule has 1 aromatic heterocycles. The molecule has 20 heavy (non-hydrogen) atoms. The minimum Gasteiger partial charge on any atom is -0.478 e. The fraction of sp³-hybridized carbons (Fsp3) is 0.167. The molecule has 2 rings (SSSR count). The molecule has 0 aliphatic carbocycles. The van der Waals surface area contributed by atoms with Crippen molar-refractivity contribution in [1.82, 2.24) is 5.16 Å². The van der Waals surface area contributed by atoms with Crippen LogP contribution in [0.4, 0.5) is 11.4 Å². The molecule has 104 valence electrons. The standard InChI is InChI=1S/C12H11N3O5/c1-7-5-8(20-14-7)6-13-11-9(12(16)17)3-2-4-10(11)15(18)19/h2-5,13H,6H2,1H3,(H,16,17). The lowest BCUT2D eigenvalue weighted by Crippen LogP contribution is -2.08. The first-order valence-electron chi connectivity index (χ1n) is 5.66. The number of benzene rings is 1. The van der Waals surface area contributed by atoms with Crippen molar-refractivity contribution in [2.75, 3.05) is 5.32 Å². The molecule has 2 N–H and O–H groups in total. The Bertz CT molecular complexity index is 633. The molecule has 0 saturated heterocycles. The van der Waals surface area contributed by atoms with E-state index in [1.54, 1.807) is 13.0 Å². The Labute approximate surface area is 113 Å². The number of carboxylic acid groups (broad SMARTS) is 1. The molecule has 1 heterocycles. The Morgan fingerprint density at radius 2 is 2.30 bits per heavy atom. The minimum atomic E-state index is -1.25. The fourth-order valence-corrected chi connectivity index (χ4v) is 1.73. The second-order valence-corrected chi connectivity index (χ2v) is 4.05. The van der Waals surface area contributed by atoms with E-state index in [0.29, 0.717) is 11.5 Å². The molecule has 1 aromatic carbocycles. The van der Waals surface area contributed by atoms with Gasteiger partial charge in [-0.2, -0.15) is 0 Å². The highest BCUT2D eigenvalue weighted by molar-refractivity contribution is 5.96. The zero-order valence-corrected chi connectivity index (χ0v) is 10.5. The van der Waals surface area contributed by atoms with Crippen LogP contribution in [0.15, 0.2) is 28.8 Å². The molecule has 8 heteroatoms. The molecule has 0 fully saturated rings. The van der Waals surface area contributed by atoms with Crippen molar-refractivity contribution in [3.63, 3.8) is 0 Å². The van der Waals surface area contributed by atoms with Crippen LogP contribution in [0.2, 0.25) is 0 Å². The zero-order chi connectivity index (χ0) is 14.7. The molecule has 2 aromatic rings. The van der Waals surface area contributed by atoms with Crippen molar-refractivity contribution >= 4 is 17.3 Å². The number of anilines is 1. The van der Waals surface area contributed by atoms with Crippen LogP contribution < -0.4 is 5.32 Å². The number of rotatable bonds is 5. The van der Waals surface area contributed by atoms with Crippen LogP contribution >= 0.6 is 0 Å². The average Bonchev–Trinajstić information content (AvgIpc) is 2.81. The number of carboxylic acids is 1. The second-order valence-electron chi connectivity index (χ2n) is 4.05. The number of aromatic carboxylic acids is 1. The third kappa shape index (κ3) is 2.74. The summed E-state index contributed by atoms with van der Waals surface area (Å²) in [4.78, 5) is 21.4. The lowest BCUT2D eigenvalue weighted by atomic mass is 10.1. The van der Waals surface area contributed by atoms with E-state index in [1.807, 2.05) is 0 Å². The number of hydrogen-bond donors (Lipinski definition) is 2. The van der Waals surface area contributed by atoms with Crippen LogP contribution in [0.3, 0.4) is 0 Å². The summed E-state index contributed by atoms with van der Waals surface area (Å²) >= 11 is 0. The number of nitro benzene ring substituents is 1. The van der Waals surface area contributed by atoms with Crippen LogP contribution in [0, 0.1) is 17.0 Å². The van der Waals surface area contributed by atoms with E-state index < -0.39 is 10.9 Å². The van der Waals surface area contributed by atoms with Crippen LogP contribution in [0.5, 0.6) is 0 Å². The Morgan fingerprint density at radius 3 is 2.85 bits per heavy atom. The van der Waals surface area contributed by atoms with Crippen molar-refractivity contribution in [2.45, 2.75) is 13.5 Å². The maximum absolute atomic E-state index is 11.1. The second kappa shape index (κ2) is 5.39. The summed E-state index contributed by atoms with van der Waals surface area (Å²) in [6, 6.07) is 5.51. The van der Waals surface area contributed by atoms with Gasteiger partial charge in [0.1, 0.15) is 5.69 Å². The van der Waals surface area contributed by atoms with E-state index in [-0.39, 0.29) is 23.5 Å². The van der Waals surface area contributed by atoms with E-state index in [4.69, 9.17) is 9.63 Å². The SMILES string of the molecule is Cc1cc(CNc2c(C(=O)O)cccc2[N+](=O)[O-])on1. The molecule has 0 spiro atoms. The number of hydrogen-bond acceptors (Lipinski definition) is 6. The molecule has 0 aliphatic heterocycles. The lowest BCUT2D eigenvalue weighted by molar-refractivity contribution is -0.384. The largest absolute Gasteiger partial charge is 0.478 e. The number of aryl methyl sites for hydroxylation is 1. The third-order valence-electron chi connectivity index (χ3n) is 2.59. The van der Waals surface area contributed by atoms with Crippen molar-refractivity contribution in [1.29, 1.82) is 0 Å². The van der Waals surface area contributed by atoms with Gasteiger partial charge in [0, 0.05) is 12.1 Å². The number of nitrogens with one attached hydrogen (secondary N) is 1. The Morgan fingerprint density at radius 1 is 1.55 bits per heavy atom. The summed E-state index contributed by atoms with van der Waals surface area (Å²) in [6.07, 6.45) is 0. The summed E-state index contributed by atoms with van der Waals surface area (Å²) in [5.41, 5.74) is 0.137. The Kier molecular flexibility index (Phi) is 3.65. The number of para-hydroxylation sites is 1. The normalized spacial score (nSPS) is 10.2. The van der Waals surface area contributed by atoms with E-state index in [0.717, 1.165) is 0 Å². The predicted octanol–water partition coefficient (Wildman–Crippen LogP) is 2.20.